The molecule has 0 radical (unpaired) electrons. The fourth-order valence-electron chi connectivity index (χ4n) is 1.04. The standard InChI is InChI=1S/C8H14N2/c1-3-7-5-4-6(2)10-8(7)9/h4-6,10H,3,9H2,1-2H3. The van der Waals surface area contributed by atoms with E-state index in [1.165, 1.54) is 5.57 Å². The van der Waals surface area contributed by atoms with Crippen molar-refractivity contribution in [1.29, 1.82) is 0 Å². The largest absolute Gasteiger partial charge is 0.385 e. The maximum absolute atomic E-state index is 5.70. The molecule has 2 heteroatoms. The van der Waals surface area contributed by atoms with Crippen LogP contribution in [0.4, 0.5) is 0 Å². The van der Waals surface area contributed by atoms with Gasteiger partial charge in [-0.2, -0.15) is 0 Å². The number of dihydropyridines is 1. The van der Waals surface area contributed by atoms with E-state index in [4.69, 9.17) is 5.73 Å². The monoisotopic (exact) mass is 138 g/mol. The molecule has 1 unspecified atom stereocenters. The van der Waals surface area contributed by atoms with Crippen LogP contribution in [0.5, 0.6) is 0 Å². The second-order valence-electron chi connectivity index (χ2n) is 2.58. The van der Waals surface area contributed by atoms with Gasteiger partial charge in [-0.3, -0.25) is 0 Å². The van der Waals surface area contributed by atoms with Crippen LogP contribution in [-0.4, -0.2) is 6.04 Å². The van der Waals surface area contributed by atoms with Crippen molar-refractivity contribution in [3.8, 4) is 0 Å². The highest BCUT2D eigenvalue weighted by Gasteiger charge is 2.05. The van der Waals surface area contributed by atoms with Gasteiger partial charge in [0.05, 0.1) is 5.82 Å². The molecule has 0 saturated heterocycles. The van der Waals surface area contributed by atoms with Crippen molar-refractivity contribution in [3.63, 3.8) is 0 Å². The second kappa shape index (κ2) is 2.78. The van der Waals surface area contributed by atoms with Gasteiger partial charge in [0, 0.05) is 6.04 Å². The Morgan fingerprint density at radius 1 is 1.70 bits per heavy atom. The number of nitrogens with one attached hydrogen (secondary N) is 1. The quantitative estimate of drug-likeness (QED) is 0.569. The Bertz CT molecular complexity index is 180. The molecule has 3 N–H and O–H groups in total. The summed E-state index contributed by atoms with van der Waals surface area (Å²) in [6, 6.07) is 0.385. The predicted molar refractivity (Wildman–Crippen MR) is 43.2 cm³/mol. The molecule has 0 aliphatic carbocycles. The van der Waals surface area contributed by atoms with E-state index in [1.54, 1.807) is 0 Å². The summed E-state index contributed by atoms with van der Waals surface area (Å²) in [7, 11) is 0. The van der Waals surface area contributed by atoms with Crippen LogP contribution in [0.15, 0.2) is 23.5 Å². The maximum Gasteiger partial charge on any atom is 0.0997 e. The highest BCUT2D eigenvalue weighted by Crippen LogP contribution is 2.10. The highest BCUT2D eigenvalue weighted by molar-refractivity contribution is 5.28. The van der Waals surface area contributed by atoms with Crippen molar-refractivity contribution >= 4 is 0 Å². The summed E-state index contributed by atoms with van der Waals surface area (Å²) in [6.45, 7) is 4.18. The Balaban J connectivity index is 2.73. The van der Waals surface area contributed by atoms with Crippen LogP contribution in [0.25, 0.3) is 0 Å². The summed E-state index contributed by atoms with van der Waals surface area (Å²) in [5, 5.41) is 3.15. The maximum atomic E-state index is 5.70. The molecule has 1 aliphatic heterocycles. The first kappa shape index (κ1) is 7.19. The zero-order valence-electron chi connectivity index (χ0n) is 6.52. The summed E-state index contributed by atoms with van der Waals surface area (Å²) in [5.41, 5.74) is 6.90. The lowest BCUT2D eigenvalue weighted by atomic mass is 10.1. The lowest BCUT2D eigenvalue weighted by Crippen LogP contribution is -2.31. The Kier molecular flexibility index (Phi) is 2.00. The van der Waals surface area contributed by atoms with Crippen molar-refractivity contribution in [1.82, 2.24) is 5.32 Å². The average molecular weight is 138 g/mol. The van der Waals surface area contributed by atoms with Gasteiger partial charge in [-0.05, 0) is 18.9 Å². The van der Waals surface area contributed by atoms with Crippen molar-refractivity contribution in [3.05, 3.63) is 23.5 Å². The molecule has 0 aromatic carbocycles. The Hall–Kier alpha value is -0.920. The number of hydrogen-bond donors (Lipinski definition) is 2. The van der Waals surface area contributed by atoms with Gasteiger partial charge < -0.3 is 11.1 Å². The normalized spacial score (nSPS) is 24.8. The Morgan fingerprint density at radius 3 is 2.90 bits per heavy atom. The van der Waals surface area contributed by atoms with Crippen LogP contribution in [0.1, 0.15) is 20.3 Å². The number of allylic oxidation sites excluding steroid dienone is 2. The SMILES string of the molecule is CCC1=C(N)NC(C)C=C1. The third kappa shape index (κ3) is 1.32. The Morgan fingerprint density at radius 2 is 2.40 bits per heavy atom. The van der Waals surface area contributed by atoms with Crippen molar-refractivity contribution in [2.75, 3.05) is 0 Å². The fourth-order valence-corrected chi connectivity index (χ4v) is 1.04. The zero-order valence-corrected chi connectivity index (χ0v) is 6.52. The summed E-state index contributed by atoms with van der Waals surface area (Å²) >= 11 is 0. The molecular formula is C8H14N2. The van der Waals surface area contributed by atoms with Gasteiger partial charge in [-0.25, -0.2) is 0 Å². The van der Waals surface area contributed by atoms with Crippen molar-refractivity contribution < 1.29 is 0 Å². The van der Waals surface area contributed by atoms with Crippen molar-refractivity contribution in [2.45, 2.75) is 26.3 Å². The first-order valence-electron chi connectivity index (χ1n) is 3.67. The van der Waals surface area contributed by atoms with Crippen LogP contribution in [-0.2, 0) is 0 Å². The minimum absolute atomic E-state index is 0.385. The van der Waals surface area contributed by atoms with Crippen LogP contribution < -0.4 is 11.1 Å². The van der Waals surface area contributed by atoms with Crippen LogP contribution in [0.3, 0.4) is 0 Å². The molecule has 0 aromatic heterocycles. The number of rotatable bonds is 1. The molecule has 1 rings (SSSR count). The molecule has 0 fully saturated rings. The molecule has 1 atom stereocenters. The summed E-state index contributed by atoms with van der Waals surface area (Å²) in [6.07, 6.45) is 5.22. The van der Waals surface area contributed by atoms with Gasteiger partial charge in [0.15, 0.2) is 0 Å². The third-order valence-electron chi connectivity index (χ3n) is 1.70. The third-order valence-corrected chi connectivity index (χ3v) is 1.70. The highest BCUT2D eigenvalue weighted by atomic mass is 15.0. The van der Waals surface area contributed by atoms with Gasteiger partial charge >= 0.3 is 0 Å². The molecule has 1 aliphatic rings. The van der Waals surface area contributed by atoms with Gasteiger partial charge in [0.25, 0.3) is 0 Å². The van der Waals surface area contributed by atoms with E-state index in [2.05, 4.69) is 31.3 Å². The fraction of sp³-hybridized carbons (Fsp3) is 0.500. The second-order valence-corrected chi connectivity index (χ2v) is 2.58. The molecule has 2 nitrogen and oxygen atoms in total. The molecular weight excluding hydrogens is 124 g/mol. The van der Waals surface area contributed by atoms with E-state index < -0.39 is 0 Å². The van der Waals surface area contributed by atoms with Crippen LogP contribution in [0.2, 0.25) is 0 Å². The molecule has 56 valence electrons. The van der Waals surface area contributed by atoms with Crippen LogP contribution >= 0.6 is 0 Å². The van der Waals surface area contributed by atoms with E-state index in [9.17, 15) is 0 Å². The first-order valence-corrected chi connectivity index (χ1v) is 3.67. The minimum Gasteiger partial charge on any atom is -0.385 e. The van der Waals surface area contributed by atoms with E-state index >= 15 is 0 Å². The molecule has 0 spiro atoms. The average Bonchev–Trinajstić information content (AvgIpc) is 1.88. The molecule has 0 amide bonds. The molecule has 10 heavy (non-hydrogen) atoms. The molecule has 0 saturated carbocycles. The van der Waals surface area contributed by atoms with Gasteiger partial charge in [-0.1, -0.05) is 19.1 Å². The summed E-state index contributed by atoms with van der Waals surface area (Å²) in [5.74, 6) is 0.831. The smallest absolute Gasteiger partial charge is 0.0997 e. The minimum atomic E-state index is 0.385. The lowest BCUT2D eigenvalue weighted by molar-refractivity contribution is 0.694. The van der Waals surface area contributed by atoms with Gasteiger partial charge in [-0.15, -0.1) is 0 Å². The lowest BCUT2D eigenvalue weighted by Gasteiger charge is -2.18. The molecule has 0 aromatic rings. The first-order chi connectivity index (χ1) is 4.74. The van der Waals surface area contributed by atoms with E-state index in [0.717, 1.165) is 12.2 Å². The topological polar surface area (TPSA) is 38.0 Å². The molecule has 0 bridgehead atoms. The van der Waals surface area contributed by atoms with Crippen LogP contribution in [0, 0.1) is 0 Å². The Labute approximate surface area is 61.8 Å². The van der Waals surface area contributed by atoms with E-state index in [1.807, 2.05) is 0 Å². The van der Waals surface area contributed by atoms with Gasteiger partial charge in [0.2, 0.25) is 0 Å². The number of hydrogen-bond acceptors (Lipinski definition) is 2. The predicted octanol–water partition coefficient (Wildman–Crippen LogP) is 1.11. The van der Waals surface area contributed by atoms with Crippen molar-refractivity contribution in [2.24, 2.45) is 5.73 Å². The summed E-state index contributed by atoms with van der Waals surface area (Å²) < 4.78 is 0. The van der Waals surface area contributed by atoms with Gasteiger partial charge in [0.1, 0.15) is 0 Å². The summed E-state index contributed by atoms with van der Waals surface area (Å²) in [4.78, 5) is 0. The zero-order chi connectivity index (χ0) is 7.56. The van der Waals surface area contributed by atoms with E-state index in [0.29, 0.717) is 6.04 Å². The number of nitrogens with two attached hydrogens (primary N) is 1. The van der Waals surface area contributed by atoms with E-state index in [-0.39, 0.29) is 0 Å². The molecule has 1 heterocycles.